The molecule has 1 aromatic carbocycles. The topological polar surface area (TPSA) is 77.8 Å². The second-order valence-corrected chi connectivity index (χ2v) is 4.82. The molecule has 1 atom stereocenters. The minimum absolute atomic E-state index is 0.0707. The second kappa shape index (κ2) is 5.06. The Morgan fingerprint density at radius 3 is 2.91 bits per heavy atom. The van der Waals surface area contributed by atoms with Gasteiger partial charge in [-0.1, -0.05) is 6.92 Å². The molecule has 0 saturated carbocycles. The maximum atomic E-state index is 13.9. The lowest BCUT2D eigenvalue weighted by molar-refractivity contribution is -0.0195. The zero-order chi connectivity index (χ0) is 16.0. The van der Waals surface area contributed by atoms with E-state index in [-0.39, 0.29) is 23.1 Å². The van der Waals surface area contributed by atoms with Gasteiger partial charge in [-0.25, -0.2) is 13.6 Å². The van der Waals surface area contributed by atoms with Gasteiger partial charge in [-0.3, -0.25) is 4.79 Å². The Morgan fingerprint density at radius 2 is 2.27 bits per heavy atom. The van der Waals surface area contributed by atoms with Crippen LogP contribution in [0.5, 0.6) is 5.75 Å². The summed E-state index contributed by atoms with van der Waals surface area (Å²) >= 11 is 0. The summed E-state index contributed by atoms with van der Waals surface area (Å²) in [5, 5.41) is 8.54. The largest absolute Gasteiger partial charge is 0.511 e. The summed E-state index contributed by atoms with van der Waals surface area (Å²) < 4.78 is 38.9. The van der Waals surface area contributed by atoms with Gasteiger partial charge in [0.15, 0.2) is 17.4 Å². The number of ether oxygens (including phenoxy) is 2. The average molecular weight is 311 g/mol. The summed E-state index contributed by atoms with van der Waals surface area (Å²) in [5.74, 6) is -2.76. The summed E-state index contributed by atoms with van der Waals surface area (Å²) in [4.78, 5) is 22.9. The first kappa shape index (κ1) is 14.5. The van der Waals surface area contributed by atoms with Gasteiger partial charge in [-0.15, -0.1) is 0 Å². The molecule has 1 aromatic heterocycles. The van der Waals surface area contributed by atoms with Gasteiger partial charge in [-0.2, -0.15) is 0 Å². The highest BCUT2D eigenvalue weighted by molar-refractivity contribution is 5.84. The smallest absolute Gasteiger partial charge is 0.449 e. The van der Waals surface area contributed by atoms with Crippen LogP contribution in [-0.2, 0) is 11.3 Å². The molecule has 0 bridgehead atoms. The summed E-state index contributed by atoms with van der Waals surface area (Å²) in [6.07, 6.45) is -0.566. The predicted molar refractivity (Wildman–Crippen MR) is 70.9 cm³/mol. The number of rotatable bonds is 2. The van der Waals surface area contributed by atoms with E-state index in [0.717, 1.165) is 12.3 Å². The van der Waals surface area contributed by atoms with Crippen LogP contribution in [0.3, 0.4) is 0 Å². The lowest BCUT2D eigenvalue weighted by Crippen LogP contribution is -2.25. The molecule has 2 heterocycles. The summed E-state index contributed by atoms with van der Waals surface area (Å²) in [5.41, 5.74) is -0.691. The molecule has 0 spiro atoms. The van der Waals surface area contributed by atoms with Crippen molar-refractivity contribution in [1.29, 1.82) is 0 Å². The van der Waals surface area contributed by atoms with Crippen molar-refractivity contribution in [2.75, 3.05) is 0 Å². The predicted octanol–water partition coefficient (Wildman–Crippen LogP) is 2.78. The number of carbonyl (C=O) groups is 1. The zero-order valence-corrected chi connectivity index (χ0v) is 11.4. The van der Waals surface area contributed by atoms with Gasteiger partial charge in [0.1, 0.15) is 6.23 Å². The van der Waals surface area contributed by atoms with Crippen molar-refractivity contribution < 1.29 is 28.2 Å². The summed E-state index contributed by atoms with van der Waals surface area (Å²) in [7, 11) is 0. The van der Waals surface area contributed by atoms with Crippen molar-refractivity contribution in [3.05, 3.63) is 39.7 Å². The molecule has 22 heavy (non-hydrogen) atoms. The van der Waals surface area contributed by atoms with Crippen LogP contribution in [0.4, 0.5) is 13.6 Å². The molecular weight excluding hydrogens is 300 g/mol. The number of benzene rings is 1. The number of hydrogen-bond donors (Lipinski definition) is 1. The van der Waals surface area contributed by atoms with Gasteiger partial charge in [0.25, 0.3) is 0 Å². The zero-order valence-electron chi connectivity index (χ0n) is 11.4. The number of hydrogen-bond acceptors (Lipinski definition) is 4. The van der Waals surface area contributed by atoms with Crippen LogP contribution < -0.4 is 10.2 Å². The van der Waals surface area contributed by atoms with E-state index in [0.29, 0.717) is 6.42 Å². The number of carboxylic acid groups (broad SMARTS) is 1. The molecule has 8 heteroatoms. The molecule has 0 amide bonds. The van der Waals surface area contributed by atoms with Crippen molar-refractivity contribution in [1.82, 2.24) is 4.57 Å². The van der Waals surface area contributed by atoms with E-state index in [1.807, 2.05) is 0 Å². The third-order valence-corrected chi connectivity index (χ3v) is 3.55. The maximum absolute atomic E-state index is 13.9. The molecule has 0 aliphatic carbocycles. The fraction of sp³-hybridized carbons (Fsp3) is 0.286. The molecule has 1 aliphatic rings. The fourth-order valence-corrected chi connectivity index (χ4v) is 2.62. The lowest BCUT2D eigenvalue weighted by Gasteiger charge is -2.28. The quantitative estimate of drug-likeness (QED) is 0.863. The first-order valence-corrected chi connectivity index (χ1v) is 6.52. The minimum atomic E-state index is -1.67. The van der Waals surface area contributed by atoms with E-state index in [2.05, 4.69) is 4.74 Å². The number of halogens is 2. The van der Waals surface area contributed by atoms with Gasteiger partial charge in [0.2, 0.25) is 5.43 Å². The Balaban J connectivity index is 2.43. The van der Waals surface area contributed by atoms with Crippen LogP contribution in [0.25, 0.3) is 10.9 Å². The van der Waals surface area contributed by atoms with Gasteiger partial charge in [0.05, 0.1) is 23.7 Å². The van der Waals surface area contributed by atoms with Crippen LogP contribution >= 0.6 is 0 Å². The van der Waals surface area contributed by atoms with E-state index < -0.39 is 35.2 Å². The third kappa shape index (κ3) is 2.03. The molecular formula is C14H11F2NO5. The standard InChI is InChI=1S/C14H11F2NO5/c1-2-10-17-4-9(22-14(19)20)13(18)6-3-8(15)11(16)7(5-21-10)12(6)17/h3-4,10H,2,5H2,1H3,(H,19,20). The summed E-state index contributed by atoms with van der Waals surface area (Å²) in [6, 6.07) is 0.750. The maximum Gasteiger partial charge on any atom is 0.511 e. The van der Waals surface area contributed by atoms with Gasteiger partial charge < -0.3 is 19.1 Å². The van der Waals surface area contributed by atoms with Crippen molar-refractivity contribution >= 4 is 17.1 Å². The Bertz CT molecular complexity index is 845. The normalized spacial score (nSPS) is 16.8. The van der Waals surface area contributed by atoms with Crippen LogP contribution in [0.2, 0.25) is 0 Å². The SMILES string of the molecule is CCC1OCc2c(F)c(F)cc3c(=O)c(OC(=O)O)cn1c23. The first-order valence-electron chi connectivity index (χ1n) is 6.52. The highest BCUT2D eigenvalue weighted by atomic mass is 19.2. The fourth-order valence-electron chi connectivity index (χ4n) is 2.62. The van der Waals surface area contributed by atoms with Gasteiger partial charge >= 0.3 is 6.16 Å². The first-order chi connectivity index (χ1) is 10.4. The molecule has 1 unspecified atom stereocenters. The van der Waals surface area contributed by atoms with Crippen molar-refractivity contribution in [2.45, 2.75) is 26.2 Å². The molecule has 6 nitrogen and oxygen atoms in total. The van der Waals surface area contributed by atoms with Gasteiger partial charge in [0, 0.05) is 5.56 Å². The minimum Gasteiger partial charge on any atom is -0.449 e. The van der Waals surface area contributed by atoms with E-state index in [1.54, 1.807) is 6.92 Å². The van der Waals surface area contributed by atoms with Crippen LogP contribution in [0, 0.1) is 11.6 Å². The van der Waals surface area contributed by atoms with Gasteiger partial charge in [-0.05, 0) is 12.5 Å². The highest BCUT2D eigenvalue weighted by Crippen LogP contribution is 2.33. The number of aromatic nitrogens is 1. The van der Waals surface area contributed by atoms with E-state index in [9.17, 15) is 18.4 Å². The molecule has 1 N–H and O–H groups in total. The molecule has 0 fully saturated rings. The molecule has 0 saturated heterocycles. The van der Waals surface area contributed by atoms with Crippen LogP contribution in [0.15, 0.2) is 17.1 Å². The van der Waals surface area contributed by atoms with E-state index in [1.165, 1.54) is 4.57 Å². The van der Waals surface area contributed by atoms with E-state index >= 15 is 0 Å². The second-order valence-electron chi connectivity index (χ2n) is 4.82. The van der Waals surface area contributed by atoms with Crippen LogP contribution in [-0.4, -0.2) is 15.8 Å². The Morgan fingerprint density at radius 1 is 1.55 bits per heavy atom. The average Bonchev–Trinajstić information content (AvgIpc) is 2.48. The molecule has 2 aromatic rings. The number of pyridine rings is 1. The lowest BCUT2D eigenvalue weighted by atomic mass is 10.1. The van der Waals surface area contributed by atoms with Crippen molar-refractivity contribution in [2.24, 2.45) is 0 Å². The monoisotopic (exact) mass is 311 g/mol. The van der Waals surface area contributed by atoms with E-state index in [4.69, 9.17) is 9.84 Å². The number of nitrogens with zero attached hydrogens (tertiary/aromatic N) is 1. The van der Waals surface area contributed by atoms with Crippen LogP contribution in [0.1, 0.15) is 25.1 Å². The highest BCUT2D eigenvalue weighted by Gasteiger charge is 2.27. The van der Waals surface area contributed by atoms with Crippen molar-refractivity contribution in [3.8, 4) is 5.75 Å². The Kier molecular flexibility index (Phi) is 3.32. The molecule has 3 rings (SSSR count). The Hall–Kier alpha value is -2.48. The third-order valence-electron chi connectivity index (χ3n) is 3.55. The molecule has 0 radical (unpaired) electrons. The molecule has 1 aliphatic heterocycles. The van der Waals surface area contributed by atoms with Crippen molar-refractivity contribution in [3.63, 3.8) is 0 Å². The molecule has 116 valence electrons. The Labute approximate surface area is 122 Å². The summed E-state index contributed by atoms with van der Waals surface area (Å²) in [6.45, 7) is 1.63.